The summed E-state index contributed by atoms with van der Waals surface area (Å²) in [6, 6.07) is 12.1. The summed E-state index contributed by atoms with van der Waals surface area (Å²) in [6.45, 7) is 2.61. The van der Waals surface area contributed by atoms with E-state index in [2.05, 4.69) is 55.0 Å². The van der Waals surface area contributed by atoms with Crippen LogP contribution in [0.15, 0.2) is 60.1 Å². The summed E-state index contributed by atoms with van der Waals surface area (Å²) < 4.78 is 10.1. The van der Waals surface area contributed by atoms with E-state index in [1.54, 1.807) is 12.4 Å². The molecule has 2 aliphatic heterocycles. The number of rotatable bonds is 2. The molecular formula is C21H17N7O. The van der Waals surface area contributed by atoms with E-state index in [4.69, 9.17) is 4.74 Å². The second-order valence-corrected chi connectivity index (χ2v) is 7.22. The Kier molecular flexibility index (Phi) is 3.40. The fraction of sp³-hybridized carbons (Fsp3) is 0.190. The van der Waals surface area contributed by atoms with Crippen LogP contribution in [-0.4, -0.2) is 42.0 Å². The summed E-state index contributed by atoms with van der Waals surface area (Å²) in [6.07, 6.45) is 5.85. The molecule has 29 heavy (non-hydrogen) atoms. The van der Waals surface area contributed by atoms with E-state index in [9.17, 15) is 0 Å². The summed E-state index contributed by atoms with van der Waals surface area (Å²) >= 11 is 0. The number of imidazole rings is 1. The highest BCUT2D eigenvalue weighted by Crippen LogP contribution is 2.31. The molecule has 0 aliphatic carbocycles. The number of hydrogen-bond donors (Lipinski definition) is 0. The van der Waals surface area contributed by atoms with Crippen molar-refractivity contribution in [3.05, 3.63) is 83.5 Å². The van der Waals surface area contributed by atoms with Gasteiger partial charge in [-0.15, -0.1) is 5.10 Å². The first-order chi connectivity index (χ1) is 14.3. The molecule has 5 heterocycles. The maximum Gasteiger partial charge on any atom is 0.238 e. The first-order valence-corrected chi connectivity index (χ1v) is 9.47. The number of benzene rings is 1. The van der Waals surface area contributed by atoms with Gasteiger partial charge in [-0.3, -0.25) is 9.55 Å². The van der Waals surface area contributed by atoms with E-state index in [-0.39, 0.29) is 6.10 Å². The lowest BCUT2D eigenvalue weighted by atomic mass is 10.2. The zero-order valence-corrected chi connectivity index (χ0v) is 15.7. The van der Waals surface area contributed by atoms with Crippen molar-refractivity contribution in [2.45, 2.75) is 19.4 Å². The van der Waals surface area contributed by atoms with Crippen molar-refractivity contribution in [3.8, 4) is 11.4 Å². The summed E-state index contributed by atoms with van der Waals surface area (Å²) in [4.78, 5) is 13.7. The van der Waals surface area contributed by atoms with Crippen molar-refractivity contribution in [2.24, 2.45) is 4.99 Å². The number of fused-ring (bicyclic) bond motifs is 5. The van der Waals surface area contributed by atoms with Gasteiger partial charge in [0.25, 0.3) is 0 Å². The molecule has 0 amide bonds. The quantitative estimate of drug-likeness (QED) is 0.468. The van der Waals surface area contributed by atoms with Crippen LogP contribution in [0.25, 0.3) is 11.4 Å². The van der Waals surface area contributed by atoms with Crippen LogP contribution in [0.4, 0.5) is 0 Å². The average molecular weight is 383 g/mol. The number of aliphatic imine (C=N–C) groups is 1. The van der Waals surface area contributed by atoms with Gasteiger partial charge in [0.2, 0.25) is 5.90 Å². The highest BCUT2D eigenvalue weighted by molar-refractivity contribution is 5.95. The smallest absolute Gasteiger partial charge is 0.238 e. The fourth-order valence-corrected chi connectivity index (χ4v) is 3.91. The molecule has 1 atom stereocenters. The molecular weight excluding hydrogens is 366 g/mol. The van der Waals surface area contributed by atoms with E-state index < -0.39 is 0 Å². The van der Waals surface area contributed by atoms with Crippen molar-refractivity contribution in [2.75, 3.05) is 6.54 Å². The molecule has 1 aromatic carbocycles. The van der Waals surface area contributed by atoms with Crippen molar-refractivity contribution in [3.63, 3.8) is 0 Å². The van der Waals surface area contributed by atoms with E-state index in [1.165, 1.54) is 0 Å². The number of hydrogen-bond acceptors (Lipinski definition) is 6. The van der Waals surface area contributed by atoms with Crippen LogP contribution in [0, 0.1) is 6.92 Å². The zero-order valence-electron chi connectivity index (χ0n) is 15.7. The molecule has 3 aromatic heterocycles. The molecule has 8 heteroatoms. The predicted octanol–water partition coefficient (Wildman–Crippen LogP) is 2.58. The van der Waals surface area contributed by atoms with Gasteiger partial charge in [-0.1, -0.05) is 17.3 Å². The van der Waals surface area contributed by atoms with Gasteiger partial charge in [0.15, 0.2) is 6.10 Å². The fourth-order valence-electron chi connectivity index (χ4n) is 3.91. The minimum absolute atomic E-state index is 0.184. The van der Waals surface area contributed by atoms with Gasteiger partial charge in [0.05, 0.1) is 41.2 Å². The number of ether oxygens (including phenoxy) is 1. The third-order valence-electron chi connectivity index (χ3n) is 5.33. The highest BCUT2D eigenvalue weighted by Gasteiger charge is 2.30. The van der Waals surface area contributed by atoms with Crippen LogP contribution in [0.1, 0.15) is 34.4 Å². The third-order valence-corrected chi connectivity index (χ3v) is 5.33. The Morgan fingerprint density at radius 2 is 2.07 bits per heavy atom. The Labute approximate surface area is 166 Å². The van der Waals surface area contributed by atoms with Gasteiger partial charge in [-0.25, -0.2) is 14.7 Å². The summed E-state index contributed by atoms with van der Waals surface area (Å²) in [5.74, 6) is 0.559. The van der Waals surface area contributed by atoms with E-state index in [1.807, 2.05) is 29.2 Å². The van der Waals surface area contributed by atoms with Gasteiger partial charge in [-0.05, 0) is 36.8 Å². The molecule has 0 bridgehead atoms. The van der Waals surface area contributed by atoms with E-state index in [0.717, 1.165) is 39.7 Å². The number of aryl methyl sites for hydroxylation is 1. The Hall–Kier alpha value is -3.81. The first-order valence-electron chi connectivity index (χ1n) is 9.47. The standard InChI is InChI=1S/C21H17N7O/c1-13-5-6-16-17(8-13)28-14(10-25-26-28)9-18-20(24-12-27(16)18)21-23-11-19(29-21)15-4-2-3-7-22-15/h2-8,10,12,19H,9,11H2,1H3. The monoisotopic (exact) mass is 383 g/mol. The third kappa shape index (κ3) is 2.49. The molecule has 0 N–H and O–H groups in total. The molecule has 2 aliphatic rings. The predicted molar refractivity (Wildman–Crippen MR) is 105 cm³/mol. The largest absolute Gasteiger partial charge is 0.464 e. The molecule has 142 valence electrons. The second kappa shape index (κ2) is 6.10. The summed E-state index contributed by atoms with van der Waals surface area (Å²) in [7, 11) is 0. The van der Waals surface area contributed by atoms with E-state index in [0.29, 0.717) is 18.9 Å². The van der Waals surface area contributed by atoms with Crippen molar-refractivity contribution >= 4 is 5.90 Å². The molecule has 0 radical (unpaired) electrons. The lowest BCUT2D eigenvalue weighted by Crippen LogP contribution is -2.11. The van der Waals surface area contributed by atoms with Gasteiger partial charge in [-0.2, -0.15) is 0 Å². The molecule has 0 spiro atoms. The lowest BCUT2D eigenvalue weighted by molar-refractivity contribution is 0.224. The molecule has 4 aromatic rings. The Morgan fingerprint density at radius 1 is 1.10 bits per heavy atom. The maximum absolute atomic E-state index is 6.15. The number of nitrogens with zero attached hydrogens (tertiary/aromatic N) is 7. The van der Waals surface area contributed by atoms with Crippen molar-refractivity contribution in [1.29, 1.82) is 0 Å². The Morgan fingerprint density at radius 3 is 2.97 bits per heavy atom. The average Bonchev–Trinajstić information content (AvgIpc) is 3.48. The minimum atomic E-state index is -0.184. The SMILES string of the molecule is Cc1ccc2c(c1)-n1nncc1Cc1c(C3=NCC(c4ccccn4)O3)ncn1-2. The molecule has 0 fully saturated rings. The topological polar surface area (TPSA) is 83.0 Å². The number of aromatic nitrogens is 6. The summed E-state index contributed by atoms with van der Waals surface area (Å²) in [5.41, 5.74) is 6.79. The van der Waals surface area contributed by atoms with Gasteiger partial charge in [0.1, 0.15) is 12.0 Å². The van der Waals surface area contributed by atoms with Gasteiger partial charge >= 0.3 is 0 Å². The van der Waals surface area contributed by atoms with Crippen molar-refractivity contribution in [1.82, 2.24) is 29.5 Å². The van der Waals surface area contributed by atoms with Crippen LogP contribution in [0.2, 0.25) is 0 Å². The minimum Gasteiger partial charge on any atom is -0.464 e. The molecule has 0 saturated heterocycles. The van der Waals surface area contributed by atoms with Gasteiger partial charge < -0.3 is 4.74 Å². The highest BCUT2D eigenvalue weighted by atomic mass is 16.5. The van der Waals surface area contributed by atoms with Crippen LogP contribution in [0.3, 0.4) is 0 Å². The first kappa shape index (κ1) is 16.2. The Balaban J connectivity index is 1.44. The maximum atomic E-state index is 6.15. The van der Waals surface area contributed by atoms with Crippen LogP contribution < -0.4 is 0 Å². The van der Waals surface area contributed by atoms with Crippen LogP contribution in [0.5, 0.6) is 0 Å². The normalized spacial score (nSPS) is 17.0. The molecule has 6 rings (SSSR count). The zero-order chi connectivity index (χ0) is 19.4. The van der Waals surface area contributed by atoms with Crippen LogP contribution >= 0.6 is 0 Å². The molecule has 8 nitrogen and oxygen atoms in total. The van der Waals surface area contributed by atoms with Crippen molar-refractivity contribution < 1.29 is 4.74 Å². The number of pyridine rings is 1. The molecule has 0 saturated carbocycles. The second-order valence-electron chi connectivity index (χ2n) is 7.22. The summed E-state index contributed by atoms with van der Waals surface area (Å²) in [5, 5.41) is 8.43. The van der Waals surface area contributed by atoms with Crippen LogP contribution in [-0.2, 0) is 11.2 Å². The Bertz CT molecular complexity index is 1260. The molecule has 1 unspecified atom stereocenters. The van der Waals surface area contributed by atoms with E-state index >= 15 is 0 Å². The van der Waals surface area contributed by atoms with Gasteiger partial charge in [0, 0.05) is 12.6 Å². The lowest BCUT2D eigenvalue weighted by Gasteiger charge is -2.11.